The summed E-state index contributed by atoms with van der Waals surface area (Å²) in [4.78, 5) is 33.1. The highest BCUT2D eigenvalue weighted by atomic mass is 19.1. The predicted molar refractivity (Wildman–Crippen MR) is 100 cm³/mol. The van der Waals surface area contributed by atoms with Crippen LogP contribution in [0.1, 0.15) is 50.5 Å². The van der Waals surface area contributed by atoms with Crippen molar-refractivity contribution in [3.05, 3.63) is 45.8 Å². The summed E-state index contributed by atoms with van der Waals surface area (Å²) in [6.07, 6.45) is 5.86. The second-order valence-corrected chi connectivity index (χ2v) is 7.09. The number of Topliss-reactive ketones (excluding diaryl/α,β-unsaturated/α-hetero) is 1. The normalized spacial score (nSPS) is 22.1. The monoisotopic (exact) mass is 393 g/mol. The van der Waals surface area contributed by atoms with Crippen molar-refractivity contribution in [3.63, 3.8) is 0 Å². The fraction of sp³-hybridized carbons (Fsp3) is 0.500. The predicted octanol–water partition coefficient (Wildman–Crippen LogP) is 3.74. The Hall–Kier alpha value is -2.61. The summed E-state index contributed by atoms with van der Waals surface area (Å²) in [7, 11) is 0. The van der Waals surface area contributed by atoms with Gasteiger partial charge in [0, 0.05) is 24.7 Å². The molecule has 1 aromatic carbocycles. The second-order valence-electron chi connectivity index (χ2n) is 7.09. The molecule has 1 saturated carbocycles. The Kier molecular flexibility index (Phi) is 7.80. The molecule has 0 saturated heterocycles. The maximum absolute atomic E-state index is 13.3. The first kappa shape index (κ1) is 21.7. The average Bonchev–Trinajstić information content (AvgIpc) is 2.89. The van der Waals surface area contributed by atoms with Gasteiger partial charge >= 0.3 is 5.97 Å². The first-order chi connectivity index (χ1) is 13.3. The number of nitro groups is 1. The number of rotatable bonds is 10. The highest BCUT2D eigenvalue weighted by Gasteiger charge is 2.39. The largest absolute Gasteiger partial charge is 0.481 e. The van der Waals surface area contributed by atoms with Crippen LogP contribution in [-0.4, -0.2) is 33.0 Å². The number of nitrogens with zero attached hydrogens (tertiary/aromatic N) is 1. The molecule has 2 rings (SSSR count). The molecule has 0 aliphatic heterocycles. The molecule has 28 heavy (non-hydrogen) atoms. The first-order valence-electron chi connectivity index (χ1n) is 9.34. The van der Waals surface area contributed by atoms with E-state index in [2.05, 4.69) is 0 Å². The van der Waals surface area contributed by atoms with Crippen molar-refractivity contribution < 1.29 is 29.1 Å². The molecule has 0 bridgehead atoms. The Labute approximate surface area is 162 Å². The van der Waals surface area contributed by atoms with E-state index in [9.17, 15) is 29.2 Å². The number of aliphatic hydroxyl groups excluding tert-OH is 1. The number of aliphatic hydroxyl groups is 1. The average molecular weight is 393 g/mol. The van der Waals surface area contributed by atoms with Gasteiger partial charge in [-0.2, -0.15) is 0 Å². The molecule has 7 nitrogen and oxygen atoms in total. The van der Waals surface area contributed by atoms with E-state index < -0.39 is 28.7 Å². The van der Waals surface area contributed by atoms with Crippen LogP contribution >= 0.6 is 0 Å². The van der Waals surface area contributed by atoms with E-state index in [1.807, 2.05) is 0 Å². The lowest BCUT2D eigenvalue weighted by molar-refractivity contribution is -0.385. The molecular formula is C20H24FNO6. The number of benzene rings is 1. The van der Waals surface area contributed by atoms with E-state index in [0.29, 0.717) is 12.8 Å². The fourth-order valence-electron chi connectivity index (χ4n) is 3.62. The Bertz CT molecular complexity index is 763. The van der Waals surface area contributed by atoms with Gasteiger partial charge in [0.2, 0.25) is 0 Å². The molecule has 2 N–H and O–H groups in total. The molecule has 1 aliphatic rings. The number of carboxylic acid groups (broad SMARTS) is 1. The van der Waals surface area contributed by atoms with Crippen molar-refractivity contribution in [2.45, 2.75) is 51.0 Å². The number of hydrogen-bond acceptors (Lipinski definition) is 5. The SMILES string of the molecule is O=C(O)CCCCCC[C@@H]1C(=O)C[C@@H](O)[C@H]1C=Cc1ccc(F)cc1[N+](=O)[O-]. The summed E-state index contributed by atoms with van der Waals surface area (Å²) in [5.74, 6) is -2.39. The van der Waals surface area contributed by atoms with E-state index in [0.717, 1.165) is 31.4 Å². The third-order valence-electron chi connectivity index (χ3n) is 5.08. The standard InChI is InChI=1S/C20H24FNO6/c21-14-9-7-13(17(11-14)22(27)28)8-10-16-15(18(23)12-19(16)24)5-3-1-2-4-6-20(25)26/h7-11,15-16,19,24H,1-6,12H2,(H,25,26)/t15-,16-,19+/m0/s1. The Morgan fingerprint density at radius 1 is 1.29 bits per heavy atom. The van der Waals surface area contributed by atoms with Crippen molar-refractivity contribution in [3.8, 4) is 0 Å². The molecule has 1 aromatic rings. The Balaban J connectivity index is 2.00. The molecule has 0 aromatic heterocycles. The van der Waals surface area contributed by atoms with Crippen molar-refractivity contribution in [2.75, 3.05) is 0 Å². The first-order valence-corrected chi connectivity index (χ1v) is 9.34. The van der Waals surface area contributed by atoms with E-state index in [4.69, 9.17) is 5.11 Å². The van der Waals surface area contributed by atoms with Crippen molar-refractivity contribution in [2.24, 2.45) is 11.8 Å². The molecular weight excluding hydrogens is 369 g/mol. The van der Waals surface area contributed by atoms with Gasteiger partial charge in [0.15, 0.2) is 0 Å². The quantitative estimate of drug-likeness (QED) is 0.355. The molecule has 1 fully saturated rings. The summed E-state index contributed by atoms with van der Waals surface area (Å²) < 4.78 is 13.3. The highest BCUT2D eigenvalue weighted by molar-refractivity contribution is 5.85. The van der Waals surface area contributed by atoms with Crippen LogP contribution < -0.4 is 0 Å². The van der Waals surface area contributed by atoms with Gasteiger partial charge in [-0.1, -0.05) is 31.4 Å². The van der Waals surface area contributed by atoms with Crippen LogP contribution in [0.15, 0.2) is 24.3 Å². The number of hydrogen-bond donors (Lipinski definition) is 2. The zero-order chi connectivity index (χ0) is 20.7. The summed E-state index contributed by atoms with van der Waals surface area (Å²) in [6.45, 7) is 0. The number of carboxylic acids is 1. The number of halogens is 1. The van der Waals surface area contributed by atoms with Gasteiger partial charge in [-0.25, -0.2) is 4.39 Å². The van der Waals surface area contributed by atoms with Gasteiger partial charge in [0.05, 0.1) is 22.7 Å². The van der Waals surface area contributed by atoms with Gasteiger partial charge in [0.1, 0.15) is 11.6 Å². The van der Waals surface area contributed by atoms with Crippen molar-refractivity contribution in [1.29, 1.82) is 0 Å². The molecule has 0 unspecified atom stereocenters. The molecule has 0 radical (unpaired) electrons. The van der Waals surface area contributed by atoms with Crippen molar-refractivity contribution in [1.82, 2.24) is 0 Å². The van der Waals surface area contributed by atoms with E-state index >= 15 is 0 Å². The minimum absolute atomic E-state index is 0.0405. The van der Waals surface area contributed by atoms with Crippen LogP contribution in [0.3, 0.4) is 0 Å². The summed E-state index contributed by atoms with van der Waals surface area (Å²) in [6, 6.07) is 3.26. The van der Waals surface area contributed by atoms with Crippen LogP contribution in [0.25, 0.3) is 6.08 Å². The van der Waals surface area contributed by atoms with E-state index in [1.54, 1.807) is 6.08 Å². The van der Waals surface area contributed by atoms with Crippen molar-refractivity contribution >= 4 is 23.5 Å². The second kappa shape index (κ2) is 10.1. The smallest absolute Gasteiger partial charge is 0.303 e. The van der Waals surface area contributed by atoms with Gasteiger partial charge in [-0.05, 0) is 25.0 Å². The topological polar surface area (TPSA) is 118 Å². The van der Waals surface area contributed by atoms with Crippen LogP contribution in [0.5, 0.6) is 0 Å². The minimum atomic E-state index is -0.847. The van der Waals surface area contributed by atoms with Crippen LogP contribution in [0.2, 0.25) is 0 Å². The van der Waals surface area contributed by atoms with Gasteiger partial charge in [0.25, 0.3) is 5.69 Å². The van der Waals surface area contributed by atoms with Gasteiger partial charge in [-0.15, -0.1) is 0 Å². The Morgan fingerprint density at radius 2 is 2.00 bits per heavy atom. The number of unbranched alkanes of at least 4 members (excludes halogenated alkanes) is 3. The lowest BCUT2D eigenvalue weighted by atomic mass is 9.88. The minimum Gasteiger partial charge on any atom is -0.481 e. The maximum Gasteiger partial charge on any atom is 0.303 e. The lowest BCUT2D eigenvalue weighted by Crippen LogP contribution is -2.18. The molecule has 3 atom stereocenters. The summed E-state index contributed by atoms with van der Waals surface area (Å²) in [5, 5.41) is 29.9. The zero-order valence-electron chi connectivity index (χ0n) is 15.4. The van der Waals surface area contributed by atoms with Gasteiger partial charge in [-0.3, -0.25) is 19.7 Å². The molecule has 0 spiro atoms. The third-order valence-corrected chi connectivity index (χ3v) is 5.08. The number of nitro benzene ring substituents is 1. The third kappa shape index (κ3) is 5.95. The van der Waals surface area contributed by atoms with Crippen LogP contribution in [-0.2, 0) is 9.59 Å². The highest BCUT2D eigenvalue weighted by Crippen LogP contribution is 2.35. The van der Waals surface area contributed by atoms with Crippen LogP contribution in [0.4, 0.5) is 10.1 Å². The fourth-order valence-corrected chi connectivity index (χ4v) is 3.62. The number of ketones is 1. The molecule has 0 heterocycles. The lowest BCUT2D eigenvalue weighted by Gasteiger charge is -2.17. The number of carbonyl (C=O) groups excluding carboxylic acids is 1. The molecule has 0 amide bonds. The number of carbonyl (C=O) groups is 2. The van der Waals surface area contributed by atoms with E-state index in [-0.39, 0.29) is 35.8 Å². The number of aliphatic carboxylic acids is 1. The Morgan fingerprint density at radius 3 is 2.68 bits per heavy atom. The zero-order valence-corrected chi connectivity index (χ0v) is 15.4. The van der Waals surface area contributed by atoms with E-state index in [1.165, 1.54) is 12.1 Å². The summed E-state index contributed by atoms with van der Waals surface area (Å²) >= 11 is 0. The maximum atomic E-state index is 13.3. The molecule has 8 heteroatoms. The van der Waals surface area contributed by atoms with Crippen LogP contribution in [0, 0.1) is 27.8 Å². The van der Waals surface area contributed by atoms with Gasteiger partial charge < -0.3 is 10.2 Å². The summed E-state index contributed by atoms with van der Waals surface area (Å²) in [5.41, 5.74) is -0.157. The molecule has 152 valence electrons. The molecule has 1 aliphatic carbocycles.